The Morgan fingerprint density at radius 2 is 1.96 bits per heavy atom. The molecular formula is C17H9Cl2FN4S. The third-order valence-electron chi connectivity index (χ3n) is 3.17. The van der Waals surface area contributed by atoms with Crippen LogP contribution in [0.1, 0.15) is 5.01 Å². The summed E-state index contributed by atoms with van der Waals surface area (Å²) in [5.41, 5.74) is 4.71. The molecule has 1 aromatic heterocycles. The van der Waals surface area contributed by atoms with Gasteiger partial charge in [0.05, 0.1) is 16.4 Å². The lowest BCUT2D eigenvalue weighted by Crippen LogP contribution is -2.01. The zero-order valence-electron chi connectivity index (χ0n) is 12.5. The van der Waals surface area contributed by atoms with E-state index in [0.29, 0.717) is 26.4 Å². The molecule has 124 valence electrons. The lowest BCUT2D eigenvalue weighted by Gasteiger charge is -2.03. The number of aromatic nitrogens is 1. The average molecular weight is 391 g/mol. The van der Waals surface area contributed by atoms with Crippen LogP contribution >= 0.6 is 34.5 Å². The topological polar surface area (TPSA) is 61.1 Å². The van der Waals surface area contributed by atoms with E-state index in [-0.39, 0.29) is 11.5 Å². The maximum absolute atomic E-state index is 13.0. The smallest absolute Gasteiger partial charge is 0.196 e. The second-order valence-corrected chi connectivity index (χ2v) is 6.55. The first-order valence-corrected chi connectivity index (χ1v) is 8.61. The SMILES string of the molecule is N#C/C(=N/Nc1cc(Cl)ccc1Cl)c1nc(-c2ccc(F)cc2)cs1. The molecule has 0 saturated carbocycles. The van der Waals surface area contributed by atoms with E-state index in [1.54, 1.807) is 35.7 Å². The molecule has 0 unspecified atom stereocenters. The van der Waals surface area contributed by atoms with Gasteiger partial charge in [0.15, 0.2) is 10.7 Å². The second-order valence-electron chi connectivity index (χ2n) is 4.85. The van der Waals surface area contributed by atoms with Crippen LogP contribution in [-0.4, -0.2) is 10.7 Å². The minimum atomic E-state index is -0.318. The first kappa shape index (κ1) is 17.4. The molecule has 3 rings (SSSR count). The highest BCUT2D eigenvalue weighted by molar-refractivity contribution is 7.12. The number of halogens is 3. The highest BCUT2D eigenvalue weighted by Gasteiger charge is 2.11. The van der Waals surface area contributed by atoms with Gasteiger partial charge in [-0.15, -0.1) is 11.3 Å². The van der Waals surface area contributed by atoms with Crippen molar-refractivity contribution in [2.45, 2.75) is 0 Å². The van der Waals surface area contributed by atoms with E-state index in [2.05, 4.69) is 15.5 Å². The van der Waals surface area contributed by atoms with Gasteiger partial charge in [0.2, 0.25) is 0 Å². The van der Waals surface area contributed by atoms with Crippen LogP contribution in [0, 0.1) is 17.1 Å². The van der Waals surface area contributed by atoms with Crippen molar-refractivity contribution < 1.29 is 4.39 Å². The van der Waals surface area contributed by atoms with Crippen molar-refractivity contribution in [3.05, 3.63) is 68.7 Å². The largest absolute Gasteiger partial charge is 0.276 e. The van der Waals surface area contributed by atoms with Crippen LogP contribution in [0.15, 0.2) is 52.9 Å². The molecule has 1 heterocycles. The predicted octanol–water partition coefficient (Wildman–Crippen LogP) is 5.60. The summed E-state index contributed by atoms with van der Waals surface area (Å²) in [6.07, 6.45) is 0. The molecule has 0 spiro atoms. The van der Waals surface area contributed by atoms with Crippen LogP contribution in [0.4, 0.5) is 10.1 Å². The van der Waals surface area contributed by atoms with E-state index >= 15 is 0 Å². The number of anilines is 1. The van der Waals surface area contributed by atoms with Gasteiger partial charge in [-0.1, -0.05) is 23.2 Å². The zero-order valence-corrected chi connectivity index (χ0v) is 14.8. The van der Waals surface area contributed by atoms with Crippen molar-refractivity contribution in [1.29, 1.82) is 5.26 Å². The third-order valence-corrected chi connectivity index (χ3v) is 4.58. The molecule has 1 N–H and O–H groups in total. The van der Waals surface area contributed by atoms with Gasteiger partial charge in [0.25, 0.3) is 0 Å². The molecule has 0 saturated heterocycles. The molecule has 3 aromatic rings. The van der Waals surface area contributed by atoms with Gasteiger partial charge < -0.3 is 0 Å². The zero-order chi connectivity index (χ0) is 17.8. The molecule has 0 atom stereocenters. The predicted molar refractivity (Wildman–Crippen MR) is 99.7 cm³/mol. The number of hydrogen-bond donors (Lipinski definition) is 1. The molecule has 0 radical (unpaired) electrons. The van der Waals surface area contributed by atoms with Gasteiger partial charge in [-0.05, 0) is 42.5 Å². The summed E-state index contributed by atoms with van der Waals surface area (Å²) < 4.78 is 13.0. The lowest BCUT2D eigenvalue weighted by molar-refractivity contribution is 0.628. The Balaban J connectivity index is 1.85. The number of nitrogens with zero attached hydrogens (tertiary/aromatic N) is 3. The Hall–Kier alpha value is -2.46. The fourth-order valence-corrected chi connectivity index (χ4v) is 3.05. The maximum atomic E-state index is 13.0. The van der Waals surface area contributed by atoms with Gasteiger partial charge in [-0.2, -0.15) is 10.4 Å². The Morgan fingerprint density at radius 3 is 2.68 bits per heavy atom. The number of nitrogens with one attached hydrogen (secondary N) is 1. The van der Waals surface area contributed by atoms with Crippen LogP contribution in [0.3, 0.4) is 0 Å². The summed E-state index contributed by atoms with van der Waals surface area (Å²) in [7, 11) is 0. The Labute approximate surface area is 157 Å². The third kappa shape index (κ3) is 4.15. The van der Waals surface area contributed by atoms with Crippen molar-refractivity contribution >= 4 is 45.9 Å². The standard InChI is InChI=1S/C17H9Cl2FN4S/c18-11-3-6-13(19)14(7-11)23-24-15(8-21)17-22-16(9-25-17)10-1-4-12(20)5-2-10/h1-7,9,23H/b24-15-. The molecule has 25 heavy (non-hydrogen) atoms. The van der Waals surface area contributed by atoms with Crippen LogP contribution in [0.5, 0.6) is 0 Å². The lowest BCUT2D eigenvalue weighted by atomic mass is 10.2. The van der Waals surface area contributed by atoms with Gasteiger partial charge in [-0.3, -0.25) is 5.43 Å². The summed E-state index contributed by atoms with van der Waals surface area (Å²) >= 11 is 13.2. The first-order valence-electron chi connectivity index (χ1n) is 6.97. The number of rotatable bonds is 4. The Bertz CT molecular complexity index is 977. The molecule has 4 nitrogen and oxygen atoms in total. The normalized spacial score (nSPS) is 11.2. The minimum Gasteiger partial charge on any atom is -0.276 e. The summed E-state index contributed by atoms with van der Waals surface area (Å²) in [6.45, 7) is 0. The van der Waals surface area contributed by atoms with Crippen molar-refractivity contribution in [2.75, 3.05) is 5.43 Å². The Morgan fingerprint density at radius 1 is 1.20 bits per heavy atom. The van der Waals surface area contributed by atoms with Crippen LogP contribution < -0.4 is 5.43 Å². The monoisotopic (exact) mass is 390 g/mol. The van der Waals surface area contributed by atoms with Crippen molar-refractivity contribution in [3.8, 4) is 17.3 Å². The molecule has 0 aliphatic heterocycles. The molecule has 0 amide bonds. The van der Waals surface area contributed by atoms with E-state index in [0.717, 1.165) is 5.56 Å². The molecule has 0 fully saturated rings. The van der Waals surface area contributed by atoms with Gasteiger partial charge >= 0.3 is 0 Å². The van der Waals surface area contributed by atoms with Gasteiger partial charge in [-0.25, -0.2) is 9.37 Å². The number of benzene rings is 2. The average Bonchev–Trinajstić information content (AvgIpc) is 3.09. The van der Waals surface area contributed by atoms with E-state index < -0.39 is 0 Å². The fourth-order valence-electron chi connectivity index (χ4n) is 1.96. The number of thiazole rings is 1. The van der Waals surface area contributed by atoms with E-state index in [9.17, 15) is 9.65 Å². The van der Waals surface area contributed by atoms with Crippen LogP contribution in [0.25, 0.3) is 11.3 Å². The molecule has 8 heteroatoms. The summed E-state index contributed by atoms with van der Waals surface area (Å²) in [6, 6.07) is 12.9. The number of nitriles is 1. The summed E-state index contributed by atoms with van der Waals surface area (Å²) in [5, 5.41) is 16.5. The maximum Gasteiger partial charge on any atom is 0.196 e. The molecule has 0 bridgehead atoms. The molecule has 2 aromatic carbocycles. The molecule has 0 aliphatic rings. The highest BCUT2D eigenvalue weighted by atomic mass is 35.5. The van der Waals surface area contributed by atoms with Gasteiger partial charge in [0.1, 0.15) is 11.9 Å². The van der Waals surface area contributed by atoms with E-state index in [1.807, 2.05) is 6.07 Å². The summed E-state index contributed by atoms with van der Waals surface area (Å²) in [4.78, 5) is 4.38. The van der Waals surface area contributed by atoms with Crippen molar-refractivity contribution in [1.82, 2.24) is 4.98 Å². The molecular weight excluding hydrogens is 382 g/mol. The van der Waals surface area contributed by atoms with Gasteiger partial charge in [0, 0.05) is 16.0 Å². The van der Waals surface area contributed by atoms with E-state index in [1.165, 1.54) is 23.5 Å². The van der Waals surface area contributed by atoms with Crippen molar-refractivity contribution in [3.63, 3.8) is 0 Å². The van der Waals surface area contributed by atoms with Crippen LogP contribution in [-0.2, 0) is 0 Å². The molecule has 0 aliphatic carbocycles. The van der Waals surface area contributed by atoms with E-state index in [4.69, 9.17) is 23.2 Å². The number of hydrazone groups is 1. The Kier molecular flexibility index (Phi) is 5.29. The highest BCUT2D eigenvalue weighted by Crippen LogP contribution is 2.26. The second kappa shape index (κ2) is 7.62. The quantitative estimate of drug-likeness (QED) is 0.466. The summed E-state index contributed by atoms with van der Waals surface area (Å²) in [5.74, 6) is -0.318. The fraction of sp³-hybridized carbons (Fsp3) is 0. The number of hydrogen-bond acceptors (Lipinski definition) is 5. The minimum absolute atomic E-state index is 0.106. The van der Waals surface area contributed by atoms with Crippen LogP contribution in [0.2, 0.25) is 10.0 Å². The van der Waals surface area contributed by atoms with Crippen molar-refractivity contribution in [2.24, 2.45) is 5.10 Å². The first-order chi connectivity index (χ1) is 12.1.